The Bertz CT molecular complexity index is 385. The van der Waals surface area contributed by atoms with Gasteiger partial charge in [0.2, 0.25) is 5.88 Å². The van der Waals surface area contributed by atoms with Crippen molar-refractivity contribution in [3.05, 3.63) is 12.4 Å². The molecule has 5 nitrogen and oxygen atoms in total. The second-order valence-corrected chi connectivity index (χ2v) is 5.76. The summed E-state index contributed by atoms with van der Waals surface area (Å²) in [5, 5.41) is 3.33. The Labute approximate surface area is 122 Å². The molecule has 0 unspecified atom stereocenters. The third-order valence-corrected chi connectivity index (χ3v) is 3.00. The smallest absolute Gasteiger partial charge is 0.218 e. The molecule has 1 aromatic rings. The molecule has 0 aliphatic rings. The van der Waals surface area contributed by atoms with Gasteiger partial charge in [-0.3, -0.25) is 4.90 Å². The van der Waals surface area contributed by atoms with E-state index >= 15 is 0 Å². The Hall–Kier alpha value is -1.36. The quantitative estimate of drug-likeness (QED) is 0.793. The van der Waals surface area contributed by atoms with E-state index in [4.69, 9.17) is 4.74 Å². The first-order valence-corrected chi connectivity index (χ1v) is 7.38. The topological polar surface area (TPSA) is 50.3 Å². The van der Waals surface area contributed by atoms with Crippen molar-refractivity contribution >= 4 is 5.82 Å². The van der Waals surface area contributed by atoms with E-state index in [0.717, 1.165) is 18.9 Å². The molecule has 0 saturated heterocycles. The highest BCUT2D eigenvalue weighted by Gasteiger charge is 2.12. The molecule has 20 heavy (non-hydrogen) atoms. The van der Waals surface area contributed by atoms with E-state index in [1.807, 2.05) is 19.9 Å². The Kier molecular flexibility index (Phi) is 6.71. The maximum absolute atomic E-state index is 5.56. The van der Waals surface area contributed by atoms with Gasteiger partial charge >= 0.3 is 0 Å². The number of nitrogens with zero attached hydrogens (tertiary/aromatic N) is 3. The van der Waals surface area contributed by atoms with Gasteiger partial charge in [0.05, 0.1) is 6.10 Å². The van der Waals surface area contributed by atoms with Gasteiger partial charge in [0.25, 0.3) is 0 Å². The molecule has 1 N–H and O–H groups in total. The van der Waals surface area contributed by atoms with E-state index < -0.39 is 0 Å². The van der Waals surface area contributed by atoms with Gasteiger partial charge in [-0.05, 0) is 41.5 Å². The first kappa shape index (κ1) is 16.7. The lowest BCUT2D eigenvalue weighted by Crippen LogP contribution is -2.40. The first-order valence-electron chi connectivity index (χ1n) is 7.38. The zero-order valence-electron chi connectivity index (χ0n) is 13.6. The molecule has 0 spiro atoms. The molecule has 1 aromatic heterocycles. The Morgan fingerprint density at radius 1 is 1.10 bits per heavy atom. The van der Waals surface area contributed by atoms with Crippen molar-refractivity contribution < 1.29 is 4.74 Å². The normalized spacial score (nSPS) is 11.7. The van der Waals surface area contributed by atoms with Crippen LogP contribution < -0.4 is 10.1 Å². The molecule has 114 valence electrons. The lowest BCUT2D eigenvalue weighted by Gasteiger charge is -2.30. The van der Waals surface area contributed by atoms with Crippen LogP contribution in [0, 0.1) is 0 Å². The predicted octanol–water partition coefficient (Wildman–Crippen LogP) is 2.79. The van der Waals surface area contributed by atoms with Crippen LogP contribution in [-0.4, -0.2) is 46.1 Å². The van der Waals surface area contributed by atoms with Crippen LogP contribution in [0.25, 0.3) is 0 Å². The van der Waals surface area contributed by atoms with Crippen LogP contribution >= 0.6 is 0 Å². The molecule has 0 bridgehead atoms. The molecule has 0 fully saturated rings. The molecular formula is C15H28N4O. The summed E-state index contributed by atoms with van der Waals surface area (Å²) >= 11 is 0. The lowest BCUT2D eigenvalue weighted by atomic mass is 10.2. The summed E-state index contributed by atoms with van der Waals surface area (Å²) in [6.45, 7) is 14.7. The molecule has 0 aromatic carbocycles. The van der Waals surface area contributed by atoms with E-state index in [-0.39, 0.29) is 6.10 Å². The van der Waals surface area contributed by atoms with Crippen molar-refractivity contribution in [2.75, 3.05) is 18.4 Å². The molecule has 0 saturated carbocycles. The van der Waals surface area contributed by atoms with Gasteiger partial charge in [-0.25, -0.2) is 9.97 Å². The Balaban J connectivity index is 2.49. The fourth-order valence-corrected chi connectivity index (χ4v) is 2.17. The fourth-order valence-electron chi connectivity index (χ4n) is 2.17. The van der Waals surface area contributed by atoms with Crippen LogP contribution in [0.15, 0.2) is 12.4 Å². The fraction of sp³-hybridized carbons (Fsp3) is 0.733. The number of hydrogen-bond acceptors (Lipinski definition) is 5. The van der Waals surface area contributed by atoms with E-state index in [0.29, 0.717) is 18.0 Å². The molecule has 0 aliphatic heterocycles. The number of nitrogens with one attached hydrogen (secondary N) is 1. The van der Waals surface area contributed by atoms with Gasteiger partial charge in [0.1, 0.15) is 12.1 Å². The number of anilines is 1. The van der Waals surface area contributed by atoms with Gasteiger partial charge in [-0.15, -0.1) is 0 Å². The van der Waals surface area contributed by atoms with E-state index in [1.54, 1.807) is 0 Å². The molecule has 5 heteroatoms. The minimum atomic E-state index is 0.120. The zero-order valence-corrected chi connectivity index (χ0v) is 13.6. The SMILES string of the molecule is CC(C)Oc1cc(NCCN(C(C)C)C(C)C)ncn1. The van der Waals surface area contributed by atoms with Crippen molar-refractivity contribution in [1.82, 2.24) is 14.9 Å². The van der Waals surface area contributed by atoms with Crippen LogP contribution in [0.5, 0.6) is 5.88 Å². The molecule has 1 heterocycles. The molecule has 0 radical (unpaired) electrons. The third kappa shape index (κ3) is 5.74. The van der Waals surface area contributed by atoms with Gasteiger partial charge in [-0.1, -0.05) is 0 Å². The minimum absolute atomic E-state index is 0.120. The van der Waals surface area contributed by atoms with Crippen molar-refractivity contribution in [2.45, 2.75) is 59.7 Å². The van der Waals surface area contributed by atoms with Crippen LogP contribution in [0.3, 0.4) is 0 Å². The van der Waals surface area contributed by atoms with Crippen molar-refractivity contribution in [3.63, 3.8) is 0 Å². The summed E-state index contributed by atoms with van der Waals surface area (Å²) in [7, 11) is 0. The number of aromatic nitrogens is 2. The Morgan fingerprint density at radius 3 is 2.30 bits per heavy atom. The van der Waals surface area contributed by atoms with Crippen LogP contribution in [0.1, 0.15) is 41.5 Å². The zero-order chi connectivity index (χ0) is 15.1. The van der Waals surface area contributed by atoms with Crippen LogP contribution in [0.4, 0.5) is 5.82 Å². The highest BCUT2D eigenvalue weighted by molar-refractivity contribution is 5.37. The van der Waals surface area contributed by atoms with Crippen LogP contribution in [-0.2, 0) is 0 Å². The van der Waals surface area contributed by atoms with E-state index in [2.05, 4.69) is 47.9 Å². The van der Waals surface area contributed by atoms with Crippen molar-refractivity contribution in [2.24, 2.45) is 0 Å². The van der Waals surface area contributed by atoms with Gasteiger partial charge in [-0.2, -0.15) is 0 Å². The largest absolute Gasteiger partial charge is 0.475 e. The number of hydrogen-bond donors (Lipinski definition) is 1. The summed E-state index contributed by atoms with van der Waals surface area (Å²) in [6.07, 6.45) is 1.65. The first-order chi connectivity index (χ1) is 9.40. The molecule has 0 atom stereocenters. The highest BCUT2D eigenvalue weighted by Crippen LogP contribution is 2.12. The third-order valence-electron chi connectivity index (χ3n) is 3.00. The van der Waals surface area contributed by atoms with Gasteiger partial charge in [0, 0.05) is 31.2 Å². The van der Waals surface area contributed by atoms with Gasteiger partial charge in [0.15, 0.2) is 0 Å². The molecule has 0 aliphatic carbocycles. The average Bonchev–Trinajstić information content (AvgIpc) is 2.33. The number of ether oxygens (including phenoxy) is 1. The predicted molar refractivity (Wildman–Crippen MR) is 83.3 cm³/mol. The second-order valence-electron chi connectivity index (χ2n) is 5.76. The monoisotopic (exact) mass is 280 g/mol. The minimum Gasteiger partial charge on any atom is -0.475 e. The maximum atomic E-state index is 5.56. The maximum Gasteiger partial charge on any atom is 0.218 e. The summed E-state index contributed by atoms with van der Waals surface area (Å²) in [4.78, 5) is 10.8. The summed E-state index contributed by atoms with van der Waals surface area (Å²) < 4.78 is 5.56. The standard InChI is InChI=1S/C15H28N4O/c1-11(2)19(12(3)4)8-7-16-14-9-15(18-10-17-14)20-13(5)6/h9-13H,7-8H2,1-6H3,(H,16,17,18). The van der Waals surface area contributed by atoms with E-state index in [1.165, 1.54) is 6.33 Å². The number of rotatable bonds is 8. The average molecular weight is 280 g/mol. The molecule has 1 rings (SSSR count). The van der Waals surface area contributed by atoms with Crippen molar-refractivity contribution in [3.8, 4) is 5.88 Å². The lowest BCUT2D eigenvalue weighted by molar-refractivity contribution is 0.182. The molecule has 0 amide bonds. The van der Waals surface area contributed by atoms with Crippen molar-refractivity contribution in [1.29, 1.82) is 0 Å². The summed E-state index contributed by atoms with van der Waals surface area (Å²) in [6, 6.07) is 2.93. The summed E-state index contributed by atoms with van der Waals surface area (Å²) in [5.74, 6) is 1.42. The van der Waals surface area contributed by atoms with Gasteiger partial charge < -0.3 is 10.1 Å². The highest BCUT2D eigenvalue weighted by atomic mass is 16.5. The summed E-state index contributed by atoms with van der Waals surface area (Å²) in [5.41, 5.74) is 0. The molecular weight excluding hydrogens is 252 g/mol. The van der Waals surface area contributed by atoms with Crippen LogP contribution in [0.2, 0.25) is 0 Å². The second kappa shape index (κ2) is 8.04. The van der Waals surface area contributed by atoms with E-state index in [9.17, 15) is 0 Å². The Morgan fingerprint density at radius 2 is 1.75 bits per heavy atom.